The molecule has 22 heavy (non-hydrogen) atoms. The van der Waals surface area contributed by atoms with Crippen molar-refractivity contribution in [3.63, 3.8) is 0 Å². The first-order chi connectivity index (χ1) is 10.8. The number of anilines is 1. The van der Waals surface area contributed by atoms with Gasteiger partial charge >= 0.3 is 0 Å². The summed E-state index contributed by atoms with van der Waals surface area (Å²) in [5, 5.41) is 13.1. The molecule has 8 heteroatoms. The maximum Gasteiger partial charge on any atom is 0.161 e. The van der Waals surface area contributed by atoms with Gasteiger partial charge in [-0.15, -0.1) is 10.2 Å². The lowest BCUT2D eigenvalue weighted by atomic mass is 10.3. The minimum absolute atomic E-state index is 0.520. The molecule has 3 aromatic heterocycles. The molecule has 0 aliphatic carbocycles. The number of aromatic nitrogens is 5. The second-order valence-electron chi connectivity index (χ2n) is 4.99. The Hall–Kier alpha value is -2.25. The largest absolute Gasteiger partial charge is 0.372 e. The van der Waals surface area contributed by atoms with E-state index in [4.69, 9.17) is 16.3 Å². The van der Waals surface area contributed by atoms with Crippen LogP contribution in [0.15, 0.2) is 24.4 Å². The van der Waals surface area contributed by atoms with E-state index in [0.29, 0.717) is 30.4 Å². The van der Waals surface area contributed by atoms with Crippen LogP contribution in [0.2, 0.25) is 5.02 Å². The molecule has 112 valence electrons. The Morgan fingerprint density at radius 1 is 1.32 bits per heavy atom. The SMILES string of the molecule is Clc1cnc2nc(NCc3nnc4n3CCOC4)ccc2c1. The van der Waals surface area contributed by atoms with Gasteiger partial charge in [0.2, 0.25) is 0 Å². The van der Waals surface area contributed by atoms with Crippen LogP contribution in [-0.4, -0.2) is 31.3 Å². The topological polar surface area (TPSA) is 77.8 Å². The van der Waals surface area contributed by atoms with Crippen LogP contribution in [-0.2, 0) is 24.4 Å². The Labute approximate surface area is 131 Å². The van der Waals surface area contributed by atoms with Crippen LogP contribution in [0.4, 0.5) is 5.82 Å². The number of fused-ring (bicyclic) bond motifs is 2. The van der Waals surface area contributed by atoms with Crippen molar-refractivity contribution in [2.75, 3.05) is 11.9 Å². The summed E-state index contributed by atoms with van der Waals surface area (Å²) in [5.74, 6) is 2.49. The number of nitrogens with one attached hydrogen (secondary N) is 1. The monoisotopic (exact) mass is 316 g/mol. The molecule has 0 unspecified atom stereocenters. The molecule has 4 heterocycles. The van der Waals surface area contributed by atoms with Gasteiger partial charge in [-0.2, -0.15) is 0 Å². The predicted octanol–water partition coefficient (Wildman–Crippen LogP) is 2.02. The second-order valence-corrected chi connectivity index (χ2v) is 5.42. The summed E-state index contributed by atoms with van der Waals surface area (Å²) in [5.41, 5.74) is 0.658. The minimum atomic E-state index is 0.520. The van der Waals surface area contributed by atoms with Gasteiger partial charge in [-0.05, 0) is 18.2 Å². The Morgan fingerprint density at radius 3 is 3.23 bits per heavy atom. The summed E-state index contributed by atoms with van der Waals surface area (Å²) in [6.07, 6.45) is 1.59. The van der Waals surface area contributed by atoms with Crippen LogP contribution < -0.4 is 5.32 Å². The van der Waals surface area contributed by atoms with Crippen LogP contribution in [0.25, 0.3) is 11.0 Å². The van der Waals surface area contributed by atoms with Gasteiger partial charge in [-0.25, -0.2) is 9.97 Å². The average Bonchev–Trinajstić information content (AvgIpc) is 2.96. The van der Waals surface area contributed by atoms with Gasteiger partial charge in [0.15, 0.2) is 17.3 Å². The molecule has 1 N–H and O–H groups in total. The van der Waals surface area contributed by atoms with Crippen molar-refractivity contribution >= 4 is 28.5 Å². The van der Waals surface area contributed by atoms with Gasteiger partial charge in [0, 0.05) is 18.1 Å². The average molecular weight is 317 g/mol. The third kappa shape index (κ3) is 2.49. The molecule has 0 bridgehead atoms. The number of halogens is 1. The highest BCUT2D eigenvalue weighted by Gasteiger charge is 2.15. The fourth-order valence-corrected chi connectivity index (χ4v) is 2.61. The van der Waals surface area contributed by atoms with E-state index in [0.717, 1.165) is 29.4 Å². The molecule has 0 saturated carbocycles. The van der Waals surface area contributed by atoms with Gasteiger partial charge < -0.3 is 14.6 Å². The molecule has 0 radical (unpaired) electrons. The van der Waals surface area contributed by atoms with Gasteiger partial charge in [0.05, 0.1) is 18.2 Å². The molecule has 1 aliphatic heterocycles. The van der Waals surface area contributed by atoms with E-state index in [1.165, 1.54) is 0 Å². The van der Waals surface area contributed by atoms with Crippen molar-refractivity contribution in [2.45, 2.75) is 19.7 Å². The van der Waals surface area contributed by atoms with Crippen molar-refractivity contribution < 1.29 is 4.74 Å². The summed E-state index contributed by atoms with van der Waals surface area (Å²) in [6, 6.07) is 5.68. The van der Waals surface area contributed by atoms with E-state index >= 15 is 0 Å². The highest BCUT2D eigenvalue weighted by Crippen LogP contribution is 2.18. The molecule has 0 atom stereocenters. The maximum absolute atomic E-state index is 5.92. The molecule has 3 aromatic rings. The molecule has 0 amide bonds. The molecule has 0 fully saturated rings. The number of hydrogen-bond donors (Lipinski definition) is 1. The van der Waals surface area contributed by atoms with Crippen molar-refractivity contribution in [1.29, 1.82) is 0 Å². The zero-order valence-electron chi connectivity index (χ0n) is 11.7. The zero-order valence-corrected chi connectivity index (χ0v) is 12.4. The number of ether oxygens (including phenoxy) is 1. The third-order valence-corrected chi connectivity index (χ3v) is 3.74. The quantitative estimate of drug-likeness (QED) is 0.796. The third-order valence-electron chi connectivity index (χ3n) is 3.53. The zero-order chi connectivity index (χ0) is 14.9. The lowest BCUT2D eigenvalue weighted by Crippen LogP contribution is -2.19. The van der Waals surface area contributed by atoms with Crippen molar-refractivity contribution in [1.82, 2.24) is 24.7 Å². The molecule has 1 aliphatic rings. The van der Waals surface area contributed by atoms with Gasteiger partial charge in [0.25, 0.3) is 0 Å². The lowest BCUT2D eigenvalue weighted by Gasteiger charge is -2.15. The van der Waals surface area contributed by atoms with Crippen molar-refractivity contribution in [3.8, 4) is 0 Å². The number of rotatable bonds is 3. The Morgan fingerprint density at radius 2 is 2.27 bits per heavy atom. The van der Waals surface area contributed by atoms with Crippen LogP contribution in [0.1, 0.15) is 11.6 Å². The first-order valence-corrected chi connectivity index (χ1v) is 7.32. The number of hydrogen-bond acceptors (Lipinski definition) is 6. The summed E-state index contributed by atoms with van der Waals surface area (Å²) < 4.78 is 7.43. The first-order valence-electron chi connectivity index (χ1n) is 6.94. The Kier molecular flexibility index (Phi) is 3.36. The Bertz CT molecular complexity index is 833. The highest BCUT2D eigenvalue weighted by atomic mass is 35.5. The maximum atomic E-state index is 5.92. The standard InChI is InChI=1S/C14H13ClN6O/c15-10-5-9-1-2-11(18-14(9)17-6-10)16-7-12-19-20-13-8-22-4-3-21(12)13/h1-2,5-6H,3-4,7-8H2,(H,16,17,18). The minimum Gasteiger partial charge on any atom is -0.372 e. The van der Waals surface area contributed by atoms with E-state index in [-0.39, 0.29) is 0 Å². The fourth-order valence-electron chi connectivity index (χ4n) is 2.44. The molecular weight excluding hydrogens is 304 g/mol. The summed E-state index contributed by atoms with van der Waals surface area (Å²) in [7, 11) is 0. The van der Waals surface area contributed by atoms with E-state index in [9.17, 15) is 0 Å². The number of pyridine rings is 2. The van der Waals surface area contributed by atoms with Gasteiger partial charge in [-0.1, -0.05) is 11.6 Å². The van der Waals surface area contributed by atoms with Crippen molar-refractivity contribution in [3.05, 3.63) is 41.1 Å². The van der Waals surface area contributed by atoms with Crippen LogP contribution in [0.3, 0.4) is 0 Å². The van der Waals surface area contributed by atoms with E-state index < -0.39 is 0 Å². The summed E-state index contributed by atoms with van der Waals surface area (Å²) in [4.78, 5) is 8.69. The van der Waals surface area contributed by atoms with Crippen LogP contribution >= 0.6 is 11.6 Å². The highest BCUT2D eigenvalue weighted by molar-refractivity contribution is 6.31. The lowest BCUT2D eigenvalue weighted by molar-refractivity contribution is 0.0807. The first kappa shape index (κ1) is 13.4. The van der Waals surface area contributed by atoms with Gasteiger partial charge in [0.1, 0.15) is 12.4 Å². The van der Waals surface area contributed by atoms with E-state index in [2.05, 4.69) is 30.0 Å². The van der Waals surface area contributed by atoms with Gasteiger partial charge in [-0.3, -0.25) is 0 Å². The van der Waals surface area contributed by atoms with Crippen molar-refractivity contribution in [2.24, 2.45) is 0 Å². The fraction of sp³-hybridized carbons (Fsp3) is 0.286. The molecule has 0 saturated heterocycles. The van der Waals surface area contributed by atoms with Crippen LogP contribution in [0.5, 0.6) is 0 Å². The summed E-state index contributed by atoms with van der Waals surface area (Å²) in [6.45, 7) is 2.55. The Balaban J connectivity index is 1.54. The molecule has 7 nitrogen and oxygen atoms in total. The summed E-state index contributed by atoms with van der Waals surface area (Å²) >= 11 is 5.92. The smallest absolute Gasteiger partial charge is 0.161 e. The van der Waals surface area contributed by atoms with E-state index in [1.54, 1.807) is 6.20 Å². The predicted molar refractivity (Wildman–Crippen MR) is 81.6 cm³/mol. The normalized spacial score (nSPS) is 14.0. The van der Waals surface area contributed by atoms with E-state index in [1.807, 2.05) is 18.2 Å². The second kappa shape index (κ2) is 5.51. The molecule has 0 aromatic carbocycles. The van der Waals surface area contributed by atoms with Crippen LogP contribution in [0, 0.1) is 0 Å². The molecule has 0 spiro atoms. The molecule has 4 rings (SSSR count). The molecular formula is C14H13ClN6O. The number of nitrogens with zero attached hydrogens (tertiary/aromatic N) is 5.